The number of carboxylic acids is 1. The molecule has 0 unspecified atom stereocenters. The van der Waals surface area contributed by atoms with Crippen molar-refractivity contribution in [1.29, 1.82) is 0 Å². The number of aliphatic carboxylic acids is 1. The van der Waals surface area contributed by atoms with E-state index in [0.717, 1.165) is 22.5 Å². The first kappa shape index (κ1) is 15.3. The SMILES string of the molecule is COc1ccc(Cl)cc1-c1ccc(CCC(=O)O)c(C)n1. The minimum absolute atomic E-state index is 0.0996. The van der Waals surface area contributed by atoms with Gasteiger partial charge in [0, 0.05) is 22.7 Å². The number of methoxy groups -OCH3 is 1. The average Bonchev–Trinajstić information content (AvgIpc) is 2.45. The van der Waals surface area contributed by atoms with Gasteiger partial charge in [-0.2, -0.15) is 0 Å². The zero-order valence-corrected chi connectivity index (χ0v) is 12.6. The first-order chi connectivity index (χ1) is 10.0. The predicted octanol–water partition coefficient (Wildman–Crippen LogP) is 3.74. The maximum absolute atomic E-state index is 10.6. The number of aryl methyl sites for hydroxylation is 2. The smallest absolute Gasteiger partial charge is 0.303 e. The molecule has 21 heavy (non-hydrogen) atoms. The summed E-state index contributed by atoms with van der Waals surface area (Å²) in [6.45, 7) is 1.87. The summed E-state index contributed by atoms with van der Waals surface area (Å²) in [6.07, 6.45) is 0.573. The summed E-state index contributed by atoms with van der Waals surface area (Å²) in [7, 11) is 1.60. The molecule has 5 heteroatoms. The molecule has 0 saturated heterocycles. The Hall–Kier alpha value is -2.07. The van der Waals surface area contributed by atoms with Crippen LogP contribution in [0.25, 0.3) is 11.3 Å². The molecular weight excluding hydrogens is 290 g/mol. The van der Waals surface area contributed by atoms with Crippen molar-refractivity contribution in [2.24, 2.45) is 0 Å². The highest BCUT2D eigenvalue weighted by Gasteiger charge is 2.10. The van der Waals surface area contributed by atoms with E-state index in [-0.39, 0.29) is 6.42 Å². The van der Waals surface area contributed by atoms with Crippen LogP contribution in [0.2, 0.25) is 5.02 Å². The van der Waals surface area contributed by atoms with Gasteiger partial charge in [0.1, 0.15) is 5.75 Å². The molecule has 110 valence electrons. The number of pyridine rings is 1. The lowest BCUT2D eigenvalue weighted by atomic mass is 10.0. The van der Waals surface area contributed by atoms with E-state index < -0.39 is 5.97 Å². The van der Waals surface area contributed by atoms with Crippen molar-refractivity contribution >= 4 is 17.6 Å². The molecule has 0 spiro atoms. The van der Waals surface area contributed by atoms with Crippen molar-refractivity contribution in [3.05, 3.63) is 46.6 Å². The summed E-state index contributed by atoms with van der Waals surface area (Å²) >= 11 is 6.03. The molecule has 1 heterocycles. The zero-order chi connectivity index (χ0) is 15.4. The monoisotopic (exact) mass is 305 g/mol. The molecule has 0 aliphatic rings. The summed E-state index contributed by atoms with van der Waals surface area (Å²) in [5, 5.41) is 9.36. The molecule has 1 aromatic heterocycles. The molecule has 0 atom stereocenters. The van der Waals surface area contributed by atoms with Gasteiger partial charge >= 0.3 is 5.97 Å². The van der Waals surface area contributed by atoms with E-state index in [1.807, 2.05) is 19.1 Å². The molecule has 2 rings (SSSR count). The van der Waals surface area contributed by atoms with Gasteiger partial charge in [-0.3, -0.25) is 9.78 Å². The quantitative estimate of drug-likeness (QED) is 0.914. The Labute approximate surface area is 128 Å². The second-order valence-electron chi connectivity index (χ2n) is 4.68. The number of carbonyl (C=O) groups is 1. The minimum atomic E-state index is -0.810. The number of benzene rings is 1. The molecule has 0 saturated carbocycles. The summed E-state index contributed by atoms with van der Waals surface area (Å²) in [4.78, 5) is 15.2. The summed E-state index contributed by atoms with van der Waals surface area (Å²) in [5.41, 5.74) is 3.32. The number of halogens is 1. The third kappa shape index (κ3) is 3.73. The van der Waals surface area contributed by atoms with E-state index in [0.29, 0.717) is 17.2 Å². The topological polar surface area (TPSA) is 59.4 Å². The Morgan fingerprint density at radius 1 is 1.33 bits per heavy atom. The lowest BCUT2D eigenvalue weighted by Crippen LogP contribution is -2.01. The zero-order valence-electron chi connectivity index (χ0n) is 11.9. The molecule has 0 amide bonds. The number of hydrogen-bond donors (Lipinski definition) is 1. The van der Waals surface area contributed by atoms with Gasteiger partial charge in [0.25, 0.3) is 0 Å². The highest BCUT2D eigenvalue weighted by Crippen LogP contribution is 2.31. The predicted molar refractivity (Wildman–Crippen MR) is 81.9 cm³/mol. The molecule has 0 aliphatic carbocycles. The van der Waals surface area contributed by atoms with Crippen molar-refractivity contribution in [2.75, 3.05) is 7.11 Å². The molecule has 0 radical (unpaired) electrons. The first-order valence-corrected chi connectivity index (χ1v) is 6.91. The van der Waals surface area contributed by atoms with Crippen LogP contribution in [0, 0.1) is 6.92 Å². The van der Waals surface area contributed by atoms with Crippen LogP contribution in [0.15, 0.2) is 30.3 Å². The van der Waals surface area contributed by atoms with Crippen LogP contribution >= 0.6 is 11.6 Å². The van der Waals surface area contributed by atoms with Gasteiger partial charge in [-0.05, 0) is 43.2 Å². The summed E-state index contributed by atoms with van der Waals surface area (Å²) < 4.78 is 5.33. The van der Waals surface area contributed by atoms with Gasteiger partial charge < -0.3 is 9.84 Å². The van der Waals surface area contributed by atoms with Gasteiger partial charge in [0.15, 0.2) is 0 Å². The van der Waals surface area contributed by atoms with Crippen molar-refractivity contribution in [2.45, 2.75) is 19.8 Å². The fourth-order valence-corrected chi connectivity index (χ4v) is 2.30. The van der Waals surface area contributed by atoms with Crippen LogP contribution in [-0.4, -0.2) is 23.2 Å². The fraction of sp³-hybridized carbons (Fsp3) is 0.250. The minimum Gasteiger partial charge on any atom is -0.496 e. The Morgan fingerprint density at radius 2 is 2.10 bits per heavy atom. The van der Waals surface area contributed by atoms with Gasteiger partial charge in [-0.1, -0.05) is 17.7 Å². The van der Waals surface area contributed by atoms with E-state index in [2.05, 4.69) is 4.98 Å². The van der Waals surface area contributed by atoms with Crippen molar-refractivity contribution in [3.63, 3.8) is 0 Å². The number of hydrogen-bond acceptors (Lipinski definition) is 3. The normalized spacial score (nSPS) is 10.4. The van der Waals surface area contributed by atoms with Gasteiger partial charge in [-0.15, -0.1) is 0 Å². The van der Waals surface area contributed by atoms with Crippen LogP contribution < -0.4 is 4.74 Å². The average molecular weight is 306 g/mol. The number of aromatic nitrogens is 1. The second-order valence-corrected chi connectivity index (χ2v) is 5.12. The molecule has 2 aromatic rings. The molecule has 4 nitrogen and oxygen atoms in total. The Morgan fingerprint density at radius 3 is 2.71 bits per heavy atom. The third-order valence-electron chi connectivity index (χ3n) is 3.24. The first-order valence-electron chi connectivity index (χ1n) is 6.53. The highest BCUT2D eigenvalue weighted by molar-refractivity contribution is 6.30. The van der Waals surface area contributed by atoms with Crippen molar-refractivity contribution < 1.29 is 14.6 Å². The maximum atomic E-state index is 10.6. The van der Waals surface area contributed by atoms with E-state index in [1.165, 1.54) is 0 Å². The second kappa shape index (κ2) is 6.59. The molecule has 1 N–H and O–H groups in total. The molecule has 1 aromatic carbocycles. The number of nitrogens with zero attached hydrogens (tertiary/aromatic N) is 1. The van der Waals surface area contributed by atoms with Crippen molar-refractivity contribution in [3.8, 4) is 17.0 Å². The molecule has 0 aliphatic heterocycles. The Kier molecular flexibility index (Phi) is 4.81. The Bertz CT molecular complexity index is 671. The van der Waals surface area contributed by atoms with Gasteiger partial charge in [0.2, 0.25) is 0 Å². The lowest BCUT2D eigenvalue weighted by molar-refractivity contribution is -0.136. The van der Waals surface area contributed by atoms with Gasteiger partial charge in [-0.25, -0.2) is 0 Å². The fourth-order valence-electron chi connectivity index (χ4n) is 2.13. The van der Waals surface area contributed by atoms with E-state index in [9.17, 15) is 4.79 Å². The number of ether oxygens (including phenoxy) is 1. The van der Waals surface area contributed by atoms with Crippen LogP contribution in [0.4, 0.5) is 0 Å². The maximum Gasteiger partial charge on any atom is 0.303 e. The van der Waals surface area contributed by atoms with Crippen LogP contribution in [0.3, 0.4) is 0 Å². The lowest BCUT2D eigenvalue weighted by Gasteiger charge is -2.11. The number of carboxylic acid groups (broad SMARTS) is 1. The standard InChI is InChI=1S/C16H16ClNO3/c1-10-11(4-8-16(19)20)3-6-14(18-10)13-9-12(17)5-7-15(13)21-2/h3,5-7,9H,4,8H2,1-2H3,(H,19,20). The molecule has 0 bridgehead atoms. The van der Waals surface area contributed by atoms with Crippen LogP contribution in [-0.2, 0) is 11.2 Å². The van der Waals surface area contributed by atoms with Crippen LogP contribution in [0.1, 0.15) is 17.7 Å². The van der Waals surface area contributed by atoms with E-state index >= 15 is 0 Å². The van der Waals surface area contributed by atoms with E-state index in [4.69, 9.17) is 21.4 Å². The summed E-state index contributed by atoms with van der Waals surface area (Å²) in [5.74, 6) is -0.112. The number of rotatable bonds is 5. The third-order valence-corrected chi connectivity index (χ3v) is 3.48. The Balaban J connectivity index is 2.36. The summed E-state index contributed by atoms with van der Waals surface area (Å²) in [6, 6.07) is 9.13. The van der Waals surface area contributed by atoms with Gasteiger partial charge in [0.05, 0.1) is 12.8 Å². The van der Waals surface area contributed by atoms with E-state index in [1.54, 1.807) is 25.3 Å². The molecule has 0 fully saturated rings. The molecular formula is C16H16ClNO3. The highest BCUT2D eigenvalue weighted by atomic mass is 35.5. The largest absolute Gasteiger partial charge is 0.496 e. The van der Waals surface area contributed by atoms with Crippen molar-refractivity contribution in [1.82, 2.24) is 4.98 Å². The van der Waals surface area contributed by atoms with Crippen LogP contribution in [0.5, 0.6) is 5.75 Å².